The summed E-state index contributed by atoms with van der Waals surface area (Å²) >= 11 is 0. The number of hydrogen-bond acceptors (Lipinski definition) is 2. The van der Waals surface area contributed by atoms with Crippen molar-refractivity contribution < 1.29 is 4.79 Å². The molecule has 1 atom stereocenters. The minimum absolute atomic E-state index is 0.0336. The van der Waals surface area contributed by atoms with Crippen molar-refractivity contribution in [3.05, 3.63) is 0 Å². The molecule has 0 aliphatic carbocycles. The van der Waals surface area contributed by atoms with E-state index in [9.17, 15) is 4.79 Å². The van der Waals surface area contributed by atoms with E-state index < -0.39 is 0 Å². The average Bonchev–Trinajstić information content (AvgIpc) is 2.14. The molecule has 1 aliphatic heterocycles. The fourth-order valence-corrected chi connectivity index (χ4v) is 1.04. The normalized spacial score (nSPS) is 25.0. The van der Waals surface area contributed by atoms with Crippen molar-refractivity contribution in [1.82, 2.24) is 4.90 Å². The molecule has 0 spiro atoms. The second-order valence-electron chi connectivity index (χ2n) is 2.80. The number of aliphatic imine (C=N–C) groups is 1. The topological polar surface area (TPSA) is 32.7 Å². The van der Waals surface area contributed by atoms with Crippen LogP contribution in [0.15, 0.2) is 4.99 Å². The van der Waals surface area contributed by atoms with Crippen molar-refractivity contribution in [2.45, 2.75) is 32.9 Å². The van der Waals surface area contributed by atoms with Crippen LogP contribution in [0.25, 0.3) is 0 Å². The number of carbonyl (C=O) groups is 1. The maximum absolute atomic E-state index is 10.8. The fraction of sp³-hybridized carbons (Fsp3) is 0.714. The monoisotopic (exact) mass is 140 g/mol. The van der Waals surface area contributed by atoms with Crippen molar-refractivity contribution in [2.24, 2.45) is 4.99 Å². The highest BCUT2D eigenvalue weighted by molar-refractivity contribution is 5.94. The summed E-state index contributed by atoms with van der Waals surface area (Å²) in [6, 6.07) is 0.310. The van der Waals surface area contributed by atoms with E-state index in [2.05, 4.69) is 4.99 Å². The third kappa shape index (κ3) is 1.03. The molecule has 1 rings (SSSR count). The van der Waals surface area contributed by atoms with Crippen LogP contribution in [0.1, 0.15) is 20.8 Å². The molecule has 1 aliphatic rings. The first-order chi connectivity index (χ1) is 4.63. The first kappa shape index (κ1) is 7.25. The number of carbonyl (C=O) groups excluding carboxylic acids is 1. The van der Waals surface area contributed by atoms with E-state index in [1.807, 2.05) is 25.7 Å². The summed E-state index contributed by atoms with van der Waals surface area (Å²) in [6.07, 6.45) is 1.62. The van der Waals surface area contributed by atoms with Gasteiger partial charge in [0.1, 0.15) is 6.04 Å². The Morgan fingerprint density at radius 3 is 2.50 bits per heavy atom. The van der Waals surface area contributed by atoms with Crippen LogP contribution in [-0.4, -0.2) is 29.2 Å². The van der Waals surface area contributed by atoms with Gasteiger partial charge in [-0.3, -0.25) is 4.79 Å². The molecule has 1 amide bonds. The van der Waals surface area contributed by atoms with Gasteiger partial charge in [-0.05, 0) is 20.8 Å². The molecule has 3 heteroatoms. The molecule has 0 bridgehead atoms. The quantitative estimate of drug-likeness (QED) is 0.535. The van der Waals surface area contributed by atoms with E-state index in [4.69, 9.17) is 0 Å². The zero-order valence-electron chi connectivity index (χ0n) is 6.53. The highest BCUT2D eigenvalue weighted by Gasteiger charge is 2.25. The number of amides is 1. The summed E-state index contributed by atoms with van der Waals surface area (Å²) in [5, 5.41) is 0. The van der Waals surface area contributed by atoms with Crippen LogP contribution in [-0.2, 0) is 4.79 Å². The van der Waals surface area contributed by atoms with E-state index in [0.29, 0.717) is 6.04 Å². The van der Waals surface area contributed by atoms with Crippen LogP contribution < -0.4 is 0 Å². The number of nitrogens with zero attached hydrogens (tertiary/aromatic N) is 2. The van der Waals surface area contributed by atoms with Gasteiger partial charge < -0.3 is 4.90 Å². The van der Waals surface area contributed by atoms with Crippen molar-refractivity contribution in [3.63, 3.8) is 0 Å². The Hall–Kier alpha value is -0.860. The Labute approximate surface area is 60.7 Å². The van der Waals surface area contributed by atoms with Gasteiger partial charge in [-0.1, -0.05) is 0 Å². The van der Waals surface area contributed by atoms with Crippen LogP contribution in [0.3, 0.4) is 0 Å². The summed E-state index contributed by atoms with van der Waals surface area (Å²) in [5.41, 5.74) is 0. The van der Waals surface area contributed by atoms with Gasteiger partial charge in [0.25, 0.3) is 5.91 Å². The first-order valence-electron chi connectivity index (χ1n) is 3.48. The smallest absolute Gasteiger partial charge is 0.269 e. The molecule has 3 nitrogen and oxygen atoms in total. The summed E-state index contributed by atoms with van der Waals surface area (Å²) in [6.45, 7) is 5.96. The first-order valence-corrected chi connectivity index (χ1v) is 3.48. The molecule has 0 aromatic heterocycles. The van der Waals surface area contributed by atoms with Crippen LogP contribution in [0.4, 0.5) is 0 Å². The molecule has 1 heterocycles. The Morgan fingerprint density at radius 1 is 1.70 bits per heavy atom. The van der Waals surface area contributed by atoms with E-state index in [-0.39, 0.29) is 11.9 Å². The molecule has 0 fully saturated rings. The number of rotatable bonds is 1. The lowest BCUT2D eigenvalue weighted by Crippen LogP contribution is -2.36. The third-order valence-electron chi connectivity index (χ3n) is 1.72. The maximum atomic E-state index is 10.8. The van der Waals surface area contributed by atoms with Crippen molar-refractivity contribution >= 4 is 12.2 Å². The Balaban J connectivity index is 2.66. The van der Waals surface area contributed by atoms with Crippen LogP contribution in [0.2, 0.25) is 0 Å². The minimum Gasteiger partial charge on any atom is -0.348 e. The van der Waals surface area contributed by atoms with Gasteiger partial charge in [0.15, 0.2) is 0 Å². The van der Waals surface area contributed by atoms with E-state index in [1.165, 1.54) is 0 Å². The van der Waals surface area contributed by atoms with Crippen molar-refractivity contribution in [1.29, 1.82) is 0 Å². The lowest BCUT2D eigenvalue weighted by atomic mass is 10.2. The van der Waals surface area contributed by atoms with E-state index in [1.54, 1.807) is 6.34 Å². The van der Waals surface area contributed by atoms with Gasteiger partial charge >= 0.3 is 0 Å². The zero-order valence-corrected chi connectivity index (χ0v) is 6.53. The molecule has 1 unspecified atom stereocenters. The molecule has 10 heavy (non-hydrogen) atoms. The lowest BCUT2D eigenvalue weighted by molar-refractivity contribution is -0.120. The largest absolute Gasteiger partial charge is 0.348 e. The number of hydrogen-bond donors (Lipinski definition) is 0. The Kier molecular flexibility index (Phi) is 1.74. The van der Waals surface area contributed by atoms with Gasteiger partial charge in [0, 0.05) is 6.04 Å². The molecular formula is C7H12N2O. The van der Waals surface area contributed by atoms with Crippen LogP contribution in [0.5, 0.6) is 0 Å². The van der Waals surface area contributed by atoms with Crippen LogP contribution >= 0.6 is 0 Å². The highest BCUT2D eigenvalue weighted by atomic mass is 16.2. The SMILES string of the molecule is CC(C)N1C=NC(=O)C1C. The molecule has 56 valence electrons. The molecule has 0 saturated heterocycles. The second-order valence-corrected chi connectivity index (χ2v) is 2.80. The Bertz CT molecular complexity index is 174. The predicted molar refractivity (Wildman–Crippen MR) is 39.9 cm³/mol. The molecule has 0 radical (unpaired) electrons. The lowest BCUT2D eigenvalue weighted by Gasteiger charge is -2.23. The summed E-state index contributed by atoms with van der Waals surface area (Å²) in [7, 11) is 0. The van der Waals surface area contributed by atoms with Crippen molar-refractivity contribution in [2.75, 3.05) is 0 Å². The van der Waals surface area contributed by atoms with Gasteiger partial charge in [-0.25, -0.2) is 4.99 Å². The molecular weight excluding hydrogens is 128 g/mol. The second kappa shape index (κ2) is 2.40. The molecule has 0 saturated carbocycles. The standard InChI is InChI=1S/C7H12N2O/c1-5(2)9-4-8-7(10)6(9)3/h4-6H,1-3H3. The molecule has 0 N–H and O–H groups in total. The minimum atomic E-state index is -0.0556. The van der Waals surface area contributed by atoms with Crippen molar-refractivity contribution in [3.8, 4) is 0 Å². The molecule has 0 aromatic carbocycles. The maximum Gasteiger partial charge on any atom is 0.269 e. The zero-order chi connectivity index (χ0) is 7.72. The van der Waals surface area contributed by atoms with Crippen LogP contribution in [0, 0.1) is 0 Å². The average molecular weight is 140 g/mol. The van der Waals surface area contributed by atoms with Gasteiger partial charge in [-0.2, -0.15) is 0 Å². The summed E-state index contributed by atoms with van der Waals surface area (Å²) in [4.78, 5) is 16.5. The summed E-state index contributed by atoms with van der Waals surface area (Å²) < 4.78 is 0. The fourth-order valence-electron chi connectivity index (χ4n) is 1.04. The predicted octanol–water partition coefficient (Wildman–Crippen LogP) is 0.654. The summed E-state index contributed by atoms with van der Waals surface area (Å²) in [5.74, 6) is -0.0336. The van der Waals surface area contributed by atoms with Gasteiger partial charge in [-0.15, -0.1) is 0 Å². The Morgan fingerprint density at radius 2 is 2.30 bits per heavy atom. The van der Waals surface area contributed by atoms with Gasteiger partial charge in [0.2, 0.25) is 0 Å². The van der Waals surface area contributed by atoms with E-state index >= 15 is 0 Å². The third-order valence-corrected chi connectivity index (χ3v) is 1.72. The molecule has 0 aromatic rings. The van der Waals surface area contributed by atoms with E-state index in [0.717, 1.165) is 0 Å². The van der Waals surface area contributed by atoms with Gasteiger partial charge in [0.05, 0.1) is 6.34 Å². The highest BCUT2D eigenvalue weighted by Crippen LogP contribution is 2.09.